The van der Waals surface area contributed by atoms with E-state index >= 15 is 0 Å². The van der Waals surface area contributed by atoms with Crippen LogP contribution in [0.5, 0.6) is 0 Å². The Morgan fingerprint density at radius 3 is 3.06 bits per heavy atom. The van der Waals surface area contributed by atoms with Gasteiger partial charge >= 0.3 is 0 Å². The lowest BCUT2D eigenvalue weighted by Gasteiger charge is -2.21. The molecule has 2 N–H and O–H groups in total. The maximum absolute atomic E-state index is 11.7. The van der Waals surface area contributed by atoms with Gasteiger partial charge in [-0.1, -0.05) is 6.42 Å². The highest BCUT2D eigenvalue weighted by molar-refractivity contribution is 7.99. The van der Waals surface area contributed by atoms with Gasteiger partial charge in [0.2, 0.25) is 0 Å². The molecule has 1 aliphatic heterocycles. The summed E-state index contributed by atoms with van der Waals surface area (Å²) in [6.07, 6.45) is 3.67. The highest BCUT2D eigenvalue weighted by atomic mass is 32.2. The van der Waals surface area contributed by atoms with E-state index in [4.69, 9.17) is 0 Å². The molecule has 2 heterocycles. The minimum atomic E-state index is -0.301. The van der Waals surface area contributed by atoms with Gasteiger partial charge in [0.25, 0.3) is 11.5 Å². The molecule has 1 saturated heterocycles. The standard InChI is InChI=1S/C11H15N3O2S/c15-10-5-4-9(13-14-10)11(16)12-7-8-3-1-2-6-17-8/h4-5,8H,1-3,6-7H2,(H,12,16)(H,14,15). The van der Waals surface area contributed by atoms with E-state index < -0.39 is 0 Å². The summed E-state index contributed by atoms with van der Waals surface area (Å²) in [4.78, 5) is 22.5. The second-order valence-electron chi connectivity index (χ2n) is 4.01. The van der Waals surface area contributed by atoms with Crippen molar-refractivity contribution < 1.29 is 4.79 Å². The van der Waals surface area contributed by atoms with Crippen LogP contribution in [0.3, 0.4) is 0 Å². The molecule has 1 aromatic heterocycles. The number of rotatable bonds is 3. The molecule has 5 nitrogen and oxygen atoms in total. The Balaban J connectivity index is 1.84. The second kappa shape index (κ2) is 5.86. The van der Waals surface area contributed by atoms with Crippen LogP contribution >= 0.6 is 11.8 Å². The Morgan fingerprint density at radius 1 is 1.53 bits per heavy atom. The van der Waals surface area contributed by atoms with Crippen molar-refractivity contribution in [2.75, 3.05) is 12.3 Å². The molecule has 17 heavy (non-hydrogen) atoms. The summed E-state index contributed by atoms with van der Waals surface area (Å²) in [5.41, 5.74) is -0.0465. The fourth-order valence-corrected chi connectivity index (χ4v) is 2.98. The molecule has 0 aromatic carbocycles. The lowest BCUT2D eigenvalue weighted by molar-refractivity contribution is 0.0947. The topological polar surface area (TPSA) is 74.8 Å². The number of thioether (sulfide) groups is 1. The predicted molar refractivity (Wildman–Crippen MR) is 67.3 cm³/mol. The third-order valence-electron chi connectivity index (χ3n) is 2.68. The molecule has 1 aromatic rings. The summed E-state index contributed by atoms with van der Waals surface area (Å²) in [5.74, 6) is 0.949. The van der Waals surface area contributed by atoms with E-state index in [2.05, 4.69) is 15.5 Å². The normalized spacial score (nSPS) is 19.9. The smallest absolute Gasteiger partial charge is 0.271 e. The van der Waals surface area contributed by atoms with Crippen LogP contribution in [0, 0.1) is 0 Å². The Labute approximate surface area is 103 Å². The lowest BCUT2D eigenvalue weighted by atomic mass is 10.2. The van der Waals surface area contributed by atoms with Crippen LogP contribution in [-0.4, -0.2) is 33.7 Å². The summed E-state index contributed by atoms with van der Waals surface area (Å²) in [7, 11) is 0. The van der Waals surface area contributed by atoms with Gasteiger partial charge in [0, 0.05) is 17.9 Å². The van der Waals surface area contributed by atoms with E-state index in [1.165, 1.54) is 30.7 Å². The molecule has 1 aliphatic rings. The monoisotopic (exact) mass is 253 g/mol. The summed E-state index contributed by atoms with van der Waals surface area (Å²) >= 11 is 1.91. The summed E-state index contributed by atoms with van der Waals surface area (Å²) in [6.45, 7) is 0.671. The van der Waals surface area contributed by atoms with Crippen molar-refractivity contribution in [3.63, 3.8) is 0 Å². The van der Waals surface area contributed by atoms with Crippen LogP contribution in [0.2, 0.25) is 0 Å². The van der Waals surface area contributed by atoms with E-state index in [0.717, 1.165) is 6.42 Å². The van der Waals surface area contributed by atoms with Crippen LogP contribution in [0.15, 0.2) is 16.9 Å². The first kappa shape index (κ1) is 12.2. The number of aromatic nitrogens is 2. The molecule has 0 aliphatic carbocycles. The minimum Gasteiger partial charge on any atom is -0.350 e. The summed E-state index contributed by atoms with van der Waals surface area (Å²) in [6, 6.07) is 2.74. The van der Waals surface area contributed by atoms with Crippen LogP contribution in [0.4, 0.5) is 0 Å². The number of hydrogen-bond donors (Lipinski definition) is 2. The Morgan fingerprint density at radius 2 is 2.41 bits per heavy atom. The van der Waals surface area contributed by atoms with Gasteiger partial charge in [-0.25, -0.2) is 5.10 Å². The number of amides is 1. The van der Waals surface area contributed by atoms with Crippen molar-refractivity contribution in [3.8, 4) is 0 Å². The van der Waals surface area contributed by atoms with Crippen LogP contribution in [0.25, 0.3) is 0 Å². The highest BCUT2D eigenvalue weighted by Gasteiger charge is 2.15. The molecule has 1 fully saturated rings. The summed E-state index contributed by atoms with van der Waals surface area (Å²) in [5, 5.41) is 9.29. The second-order valence-corrected chi connectivity index (χ2v) is 5.41. The SMILES string of the molecule is O=C(NCC1CCCCS1)c1ccc(=O)[nH]n1. The molecule has 92 valence electrons. The number of nitrogens with zero attached hydrogens (tertiary/aromatic N) is 1. The molecule has 1 amide bonds. The fraction of sp³-hybridized carbons (Fsp3) is 0.545. The zero-order chi connectivity index (χ0) is 12.1. The van der Waals surface area contributed by atoms with E-state index in [9.17, 15) is 9.59 Å². The number of carbonyl (C=O) groups is 1. The van der Waals surface area contributed by atoms with Gasteiger partial charge in [-0.15, -0.1) is 0 Å². The van der Waals surface area contributed by atoms with Gasteiger partial charge in [-0.3, -0.25) is 9.59 Å². The number of nitrogens with one attached hydrogen (secondary N) is 2. The molecule has 1 unspecified atom stereocenters. The zero-order valence-corrected chi connectivity index (χ0v) is 10.3. The summed E-state index contributed by atoms with van der Waals surface area (Å²) < 4.78 is 0. The van der Waals surface area contributed by atoms with E-state index in [-0.39, 0.29) is 17.2 Å². The van der Waals surface area contributed by atoms with Gasteiger partial charge in [-0.2, -0.15) is 16.9 Å². The molecule has 0 radical (unpaired) electrons. The number of hydrogen-bond acceptors (Lipinski definition) is 4. The third-order valence-corrected chi connectivity index (χ3v) is 4.07. The van der Waals surface area contributed by atoms with Crippen molar-refractivity contribution in [1.82, 2.24) is 15.5 Å². The number of carbonyl (C=O) groups excluding carboxylic acids is 1. The van der Waals surface area contributed by atoms with Gasteiger partial charge in [-0.05, 0) is 24.7 Å². The van der Waals surface area contributed by atoms with Gasteiger partial charge in [0.1, 0.15) is 5.69 Å². The van der Waals surface area contributed by atoms with E-state index in [0.29, 0.717) is 11.8 Å². The van der Waals surface area contributed by atoms with Crippen molar-refractivity contribution in [2.24, 2.45) is 0 Å². The first-order chi connectivity index (χ1) is 8.25. The van der Waals surface area contributed by atoms with E-state index in [1.54, 1.807) is 0 Å². The van der Waals surface area contributed by atoms with Crippen molar-refractivity contribution >= 4 is 17.7 Å². The Bertz CT molecular complexity index is 420. The van der Waals surface area contributed by atoms with E-state index in [1.807, 2.05) is 11.8 Å². The molecule has 1 atom stereocenters. The maximum Gasteiger partial charge on any atom is 0.271 e. The Hall–Kier alpha value is -1.30. The first-order valence-corrected chi connectivity index (χ1v) is 6.76. The Kier molecular flexibility index (Phi) is 4.19. The molecule has 2 rings (SSSR count). The molecule has 0 bridgehead atoms. The first-order valence-electron chi connectivity index (χ1n) is 5.71. The zero-order valence-electron chi connectivity index (χ0n) is 9.44. The molecule has 0 saturated carbocycles. The average Bonchev–Trinajstić information content (AvgIpc) is 2.38. The highest BCUT2D eigenvalue weighted by Crippen LogP contribution is 2.24. The predicted octanol–water partition coefficient (Wildman–Crippen LogP) is 0.785. The molecule has 6 heteroatoms. The van der Waals surface area contributed by atoms with Crippen LogP contribution in [-0.2, 0) is 0 Å². The quantitative estimate of drug-likeness (QED) is 0.835. The third kappa shape index (κ3) is 3.59. The van der Waals surface area contributed by atoms with Crippen molar-refractivity contribution in [2.45, 2.75) is 24.5 Å². The van der Waals surface area contributed by atoms with Gasteiger partial charge in [0.15, 0.2) is 0 Å². The van der Waals surface area contributed by atoms with Gasteiger partial charge < -0.3 is 5.32 Å². The average molecular weight is 253 g/mol. The van der Waals surface area contributed by atoms with Crippen LogP contribution in [0.1, 0.15) is 29.8 Å². The minimum absolute atomic E-state index is 0.229. The molecule has 0 spiro atoms. The molecular formula is C11H15N3O2S. The maximum atomic E-state index is 11.7. The van der Waals surface area contributed by atoms with Gasteiger partial charge in [0.05, 0.1) is 0 Å². The lowest BCUT2D eigenvalue weighted by Crippen LogP contribution is -2.32. The van der Waals surface area contributed by atoms with Crippen molar-refractivity contribution in [3.05, 3.63) is 28.2 Å². The number of H-pyrrole nitrogens is 1. The largest absolute Gasteiger partial charge is 0.350 e. The fourth-order valence-electron chi connectivity index (χ4n) is 1.74. The van der Waals surface area contributed by atoms with Crippen LogP contribution < -0.4 is 10.9 Å². The van der Waals surface area contributed by atoms with Crippen molar-refractivity contribution in [1.29, 1.82) is 0 Å². The molecular weight excluding hydrogens is 238 g/mol. The number of aromatic amines is 1.